The Balaban J connectivity index is 2.09. The van der Waals surface area contributed by atoms with Crippen LogP contribution in [0.2, 0.25) is 0 Å². The van der Waals surface area contributed by atoms with Gasteiger partial charge in [-0.15, -0.1) is 0 Å². The average Bonchev–Trinajstić information content (AvgIpc) is 2.47. The Kier molecular flexibility index (Phi) is 4.49. The zero-order valence-corrected chi connectivity index (χ0v) is 10.4. The zero-order chi connectivity index (χ0) is 13.5. The normalized spacial score (nSPS) is 9.89. The lowest BCUT2D eigenvalue weighted by Gasteiger charge is -2.06. The van der Waals surface area contributed by atoms with Crippen LogP contribution in [-0.2, 0) is 6.42 Å². The van der Waals surface area contributed by atoms with Crippen molar-refractivity contribution in [1.29, 1.82) is 5.26 Å². The summed E-state index contributed by atoms with van der Waals surface area (Å²) in [6.45, 7) is 0.192. The molecule has 2 aromatic rings. The second-order valence-corrected chi connectivity index (χ2v) is 4.04. The van der Waals surface area contributed by atoms with Crippen LogP contribution in [0.15, 0.2) is 42.6 Å². The molecule has 0 aliphatic rings. The van der Waals surface area contributed by atoms with Gasteiger partial charge in [-0.3, -0.25) is 0 Å². The quantitative estimate of drug-likeness (QED) is 0.890. The van der Waals surface area contributed by atoms with E-state index in [2.05, 4.69) is 4.98 Å². The van der Waals surface area contributed by atoms with E-state index in [9.17, 15) is 0 Å². The van der Waals surface area contributed by atoms with Crippen molar-refractivity contribution < 1.29 is 9.84 Å². The number of ether oxygens (including phenoxy) is 1. The highest BCUT2D eigenvalue weighted by Gasteiger charge is 2.05. The van der Waals surface area contributed by atoms with Crippen molar-refractivity contribution in [2.75, 3.05) is 6.61 Å². The highest BCUT2D eigenvalue weighted by molar-refractivity contribution is 5.40. The number of pyridine rings is 1. The van der Waals surface area contributed by atoms with Crippen molar-refractivity contribution in [1.82, 2.24) is 4.98 Å². The van der Waals surface area contributed by atoms with Crippen LogP contribution in [-0.4, -0.2) is 16.7 Å². The van der Waals surface area contributed by atoms with Gasteiger partial charge in [-0.1, -0.05) is 12.1 Å². The lowest BCUT2D eigenvalue weighted by atomic mass is 10.1. The first-order valence-electron chi connectivity index (χ1n) is 6.06. The minimum atomic E-state index is 0.192. The summed E-state index contributed by atoms with van der Waals surface area (Å²) in [5.41, 5.74) is 1.55. The Hall–Kier alpha value is -2.38. The molecule has 0 amide bonds. The van der Waals surface area contributed by atoms with Crippen molar-refractivity contribution >= 4 is 0 Å². The van der Waals surface area contributed by atoms with Crippen LogP contribution < -0.4 is 4.74 Å². The molecule has 4 heteroatoms. The lowest BCUT2D eigenvalue weighted by molar-refractivity contribution is 0.288. The molecule has 96 valence electrons. The van der Waals surface area contributed by atoms with Gasteiger partial charge in [0.2, 0.25) is 5.88 Å². The molecule has 0 radical (unpaired) electrons. The first-order valence-corrected chi connectivity index (χ1v) is 6.06. The number of hydrogen-bond donors (Lipinski definition) is 1. The fourth-order valence-electron chi connectivity index (χ4n) is 1.68. The van der Waals surface area contributed by atoms with E-state index in [0.717, 1.165) is 18.4 Å². The fourth-order valence-corrected chi connectivity index (χ4v) is 1.68. The number of rotatable bonds is 5. The molecule has 2 rings (SSSR count). The van der Waals surface area contributed by atoms with Crippen molar-refractivity contribution in [2.24, 2.45) is 0 Å². The molecule has 1 N–H and O–H groups in total. The molecule has 0 atom stereocenters. The number of nitriles is 1. The summed E-state index contributed by atoms with van der Waals surface area (Å²) in [6, 6.07) is 13.0. The maximum Gasteiger partial charge on any atom is 0.237 e. The van der Waals surface area contributed by atoms with E-state index in [-0.39, 0.29) is 6.61 Å². The number of nitrogens with zero attached hydrogens (tertiary/aromatic N) is 2. The van der Waals surface area contributed by atoms with Gasteiger partial charge in [0.05, 0.1) is 0 Å². The van der Waals surface area contributed by atoms with Gasteiger partial charge in [0.25, 0.3) is 0 Å². The molecule has 4 nitrogen and oxygen atoms in total. The van der Waals surface area contributed by atoms with E-state index in [4.69, 9.17) is 15.1 Å². The number of aliphatic hydroxyl groups excluding tert-OH is 1. The van der Waals surface area contributed by atoms with Crippen LogP contribution in [0.1, 0.15) is 17.5 Å². The van der Waals surface area contributed by atoms with Gasteiger partial charge in [-0.05, 0) is 42.7 Å². The molecule has 0 spiro atoms. The van der Waals surface area contributed by atoms with E-state index in [0.29, 0.717) is 17.2 Å². The van der Waals surface area contributed by atoms with Crippen LogP contribution in [0.4, 0.5) is 0 Å². The first-order chi connectivity index (χ1) is 9.33. The van der Waals surface area contributed by atoms with Crippen molar-refractivity contribution in [3.63, 3.8) is 0 Å². The summed E-state index contributed by atoms with van der Waals surface area (Å²) < 4.78 is 5.58. The maximum atomic E-state index is 8.94. The SMILES string of the molecule is N#Cc1cccnc1Oc1ccc(CCCO)cc1. The fraction of sp³-hybridized carbons (Fsp3) is 0.200. The Morgan fingerprint density at radius 2 is 2.00 bits per heavy atom. The van der Waals surface area contributed by atoms with Crippen molar-refractivity contribution in [3.05, 3.63) is 53.7 Å². The highest BCUT2D eigenvalue weighted by Crippen LogP contribution is 2.22. The second kappa shape index (κ2) is 6.53. The number of hydrogen-bond acceptors (Lipinski definition) is 4. The summed E-state index contributed by atoms with van der Waals surface area (Å²) >= 11 is 0. The Morgan fingerprint density at radius 1 is 1.21 bits per heavy atom. The van der Waals surface area contributed by atoms with E-state index < -0.39 is 0 Å². The van der Waals surface area contributed by atoms with Crippen molar-refractivity contribution in [3.8, 4) is 17.7 Å². The molecule has 19 heavy (non-hydrogen) atoms. The van der Waals surface area contributed by atoms with Gasteiger partial charge >= 0.3 is 0 Å². The molecule has 1 aromatic carbocycles. The third-order valence-electron chi connectivity index (χ3n) is 2.65. The molecule has 0 bridgehead atoms. The summed E-state index contributed by atoms with van der Waals surface area (Å²) in [4.78, 5) is 4.04. The molecule has 0 saturated heterocycles. The lowest BCUT2D eigenvalue weighted by Crippen LogP contribution is -1.92. The minimum Gasteiger partial charge on any atom is -0.438 e. The van der Waals surface area contributed by atoms with E-state index in [1.807, 2.05) is 30.3 Å². The molecule has 0 fully saturated rings. The summed E-state index contributed by atoms with van der Waals surface area (Å²) in [6.07, 6.45) is 3.18. The van der Waals surface area contributed by atoms with Gasteiger partial charge < -0.3 is 9.84 Å². The maximum absolute atomic E-state index is 8.94. The standard InChI is InChI=1S/C15H14N2O2/c16-11-13-4-1-9-17-15(13)19-14-7-5-12(6-8-14)3-2-10-18/h1,4-9,18H,2-3,10H2. The molecule has 0 saturated carbocycles. The highest BCUT2D eigenvalue weighted by atomic mass is 16.5. The molecule has 0 unspecified atom stereocenters. The van der Waals surface area contributed by atoms with E-state index >= 15 is 0 Å². The number of aromatic nitrogens is 1. The monoisotopic (exact) mass is 254 g/mol. The second-order valence-electron chi connectivity index (χ2n) is 4.04. The molecular weight excluding hydrogens is 240 g/mol. The van der Waals surface area contributed by atoms with Crippen molar-refractivity contribution in [2.45, 2.75) is 12.8 Å². The van der Waals surface area contributed by atoms with Crippen LogP contribution in [0.3, 0.4) is 0 Å². The Bertz CT molecular complexity index is 573. The Labute approximate surface area is 111 Å². The van der Waals surface area contributed by atoms with Gasteiger partial charge in [0.15, 0.2) is 0 Å². The van der Waals surface area contributed by atoms with Crippen LogP contribution in [0, 0.1) is 11.3 Å². The topological polar surface area (TPSA) is 66.1 Å². The van der Waals surface area contributed by atoms with E-state index in [1.165, 1.54) is 0 Å². The molecule has 1 heterocycles. The third kappa shape index (κ3) is 3.54. The predicted molar refractivity (Wildman–Crippen MR) is 70.9 cm³/mol. The van der Waals surface area contributed by atoms with Gasteiger partial charge in [-0.2, -0.15) is 5.26 Å². The Morgan fingerprint density at radius 3 is 2.68 bits per heavy atom. The minimum absolute atomic E-state index is 0.192. The average molecular weight is 254 g/mol. The number of aryl methyl sites for hydroxylation is 1. The third-order valence-corrected chi connectivity index (χ3v) is 2.65. The number of benzene rings is 1. The van der Waals surface area contributed by atoms with Crippen LogP contribution >= 0.6 is 0 Å². The van der Waals surface area contributed by atoms with Gasteiger partial charge in [0, 0.05) is 12.8 Å². The first kappa shape index (κ1) is 13.1. The summed E-state index contributed by atoms with van der Waals surface area (Å²) in [5, 5.41) is 17.7. The molecule has 0 aliphatic heterocycles. The van der Waals surface area contributed by atoms with Gasteiger partial charge in [0.1, 0.15) is 17.4 Å². The van der Waals surface area contributed by atoms with Gasteiger partial charge in [-0.25, -0.2) is 4.98 Å². The molecule has 0 aliphatic carbocycles. The molecular formula is C15H14N2O2. The van der Waals surface area contributed by atoms with Crippen LogP contribution in [0.5, 0.6) is 11.6 Å². The smallest absolute Gasteiger partial charge is 0.237 e. The largest absolute Gasteiger partial charge is 0.438 e. The molecule has 1 aromatic heterocycles. The number of aliphatic hydroxyl groups is 1. The summed E-state index contributed by atoms with van der Waals surface area (Å²) in [5.74, 6) is 0.955. The zero-order valence-electron chi connectivity index (χ0n) is 10.4. The summed E-state index contributed by atoms with van der Waals surface area (Å²) in [7, 11) is 0. The van der Waals surface area contributed by atoms with E-state index in [1.54, 1.807) is 18.3 Å². The predicted octanol–water partition coefficient (Wildman–Crippen LogP) is 2.67. The van der Waals surface area contributed by atoms with Crippen LogP contribution in [0.25, 0.3) is 0 Å².